The molecule has 174 valence electrons. The molecule has 0 atom stereocenters. The van der Waals surface area contributed by atoms with E-state index in [0.717, 1.165) is 30.2 Å². The number of methoxy groups -OCH3 is 2. The Balaban J connectivity index is 1.52. The van der Waals surface area contributed by atoms with Gasteiger partial charge in [-0.1, -0.05) is 18.2 Å². The monoisotopic (exact) mass is 450 g/mol. The van der Waals surface area contributed by atoms with Crippen LogP contribution in [0.25, 0.3) is 10.8 Å². The van der Waals surface area contributed by atoms with Crippen LogP contribution in [-0.4, -0.2) is 65.9 Å². The molecule has 1 aliphatic heterocycles. The molecule has 1 fully saturated rings. The van der Waals surface area contributed by atoms with Gasteiger partial charge in [-0.2, -0.15) is 5.10 Å². The van der Waals surface area contributed by atoms with Gasteiger partial charge >= 0.3 is 0 Å². The van der Waals surface area contributed by atoms with Crippen molar-refractivity contribution in [2.75, 3.05) is 40.4 Å². The molecule has 1 aliphatic rings. The fourth-order valence-electron chi connectivity index (χ4n) is 4.22. The third-order valence-corrected chi connectivity index (χ3v) is 6.06. The van der Waals surface area contributed by atoms with Crippen LogP contribution in [0, 0.1) is 0 Å². The number of carbonyl (C=O) groups is 1. The Hall–Kier alpha value is -3.39. The summed E-state index contributed by atoms with van der Waals surface area (Å²) in [5.41, 5.74) is 1.21. The Morgan fingerprint density at radius 1 is 1.00 bits per heavy atom. The van der Waals surface area contributed by atoms with Gasteiger partial charge in [0.2, 0.25) is 0 Å². The van der Waals surface area contributed by atoms with Gasteiger partial charge in [0.05, 0.1) is 25.6 Å². The second-order valence-corrected chi connectivity index (χ2v) is 8.48. The van der Waals surface area contributed by atoms with Crippen LogP contribution in [0.15, 0.2) is 47.3 Å². The van der Waals surface area contributed by atoms with E-state index in [1.54, 1.807) is 26.4 Å². The van der Waals surface area contributed by atoms with Crippen LogP contribution < -0.4 is 15.0 Å². The normalized spacial score (nSPS) is 14.6. The first-order valence-corrected chi connectivity index (χ1v) is 11.2. The zero-order chi connectivity index (χ0) is 23.5. The number of amides is 1. The predicted octanol–water partition coefficient (Wildman–Crippen LogP) is 2.95. The van der Waals surface area contributed by atoms with Gasteiger partial charge in [-0.05, 0) is 38.1 Å². The number of aromatic nitrogens is 2. The minimum atomic E-state index is -0.172. The van der Waals surface area contributed by atoms with Crippen molar-refractivity contribution in [3.8, 4) is 11.5 Å². The number of nitrogens with zero attached hydrogens (tertiary/aromatic N) is 4. The molecule has 33 heavy (non-hydrogen) atoms. The Morgan fingerprint density at radius 2 is 1.70 bits per heavy atom. The highest BCUT2D eigenvalue weighted by molar-refractivity contribution is 6.04. The Morgan fingerprint density at radius 3 is 2.33 bits per heavy atom. The van der Waals surface area contributed by atoms with Crippen LogP contribution in [0.2, 0.25) is 0 Å². The summed E-state index contributed by atoms with van der Waals surface area (Å²) < 4.78 is 12.3. The van der Waals surface area contributed by atoms with E-state index in [9.17, 15) is 9.59 Å². The van der Waals surface area contributed by atoms with Crippen LogP contribution in [0.1, 0.15) is 35.9 Å². The number of piperazine rings is 1. The van der Waals surface area contributed by atoms with E-state index < -0.39 is 0 Å². The van der Waals surface area contributed by atoms with E-state index in [2.05, 4.69) is 10.00 Å². The molecule has 4 rings (SSSR count). The molecule has 3 aromatic rings. The van der Waals surface area contributed by atoms with E-state index in [1.165, 1.54) is 4.68 Å². The number of hydrogen-bond acceptors (Lipinski definition) is 6. The third-order valence-electron chi connectivity index (χ3n) is 6.06. The van der Waals surface area contributed by atoms with Crippen molar-refractivity contribution >= 4 is 16.7 Å². The van der Waals surface area contributed by atoms with Gasteiger partial charge in [0, 0.05) is 43.7 Å². The molecular formula is C25H30N4O4. The molecule has 8 heteroatoms. The van der Waals surface area contributed by atoms with E-state index in [1.807, 2.05) is 49.1 Å². The molecule has 1 amide bonds. The maximum absolute atomic E-state index is 13.4. The van der Waals surface area contributed by atoms with Gasteiger partial charge < -0.3 is 14.4 Å². The summed E-state index contributed by atoms with van der Waals surface area (Å²) in [6.45, 7) is 7.12. The smallest absolute Gasteiger partial charge is 0.275 e. The van der Waals surface area contributed by atoms with Crippen molar-refractivity contribution in [1.82, 2.24) is 19.6 Å². The standard InChI is InChI=1S/C25H30N4O4/c1-17(2)29-24(30)21-8-6-5-7-20(21)23(26-29)25(31)28-13-11-27(12-14-28)16-18-15-19(32-3)9-10-22(18)33-4/h5-10,15,17H,11-14,16H2,1-4H3. The second kappa shape index (κ2) is 9.62. The summed E-state index contributed by atoms with van der Waals surface area (Å²) >= 11 is 0. The van der Waals surface area contributed by atoms with Gasteiger partial charge in [0.25, 0.3) is 11.5 Å². The molecule has 0 N–H and O–H groups in total. The van der Waals surface area contributed by atoms with Crippen molar-refractivity contribution in [3.05, 3.63) is 64.1 Å². The quantitative estimate of drug-likeness (QED) is 0.575. The van der Waals surface area contributed by atoms with Crippen LogP contribution in [0.5, 0.6) is 11.5 Å². The van der Waals surface area contributed by atoms with Crippen LogP contribution in [0.4, 0.5) is 0 Å². The molecule has 0 aliphatic carbocycles. The highest BCUT2D eigenvalue weighted by Gasteiger charge is 2.26. The molecular weight excluding hydrogens is 420 g/mol. The Bertz CT molecular complexity index is 1210. The average molecular weight is 451 g/mol. The molecule has 2 aromatic carbocycles. The first-order valence-electron chi connectivity index (χ1n) is 11.2. The molecule has 8 nitrogen and oxygen atoms in total. The highest BCUT2D eigenvalue weighted by Crippen LogP contribution is 2.26. The Labute approximate surface area is 193 Å². The number of ether oxygens (including phenoxy) is 2. The topological polar surface area (TPSA) is 76.9 Å². The lowest BCUT2D eigenvalue weighted by Gasteiger charge is -2.35. The molecule has 0 saturated carbocycles. The van der Waals surface area contributed by atoms with Gasteiger partial charge in [-0.15, -0.1) is 0 Å². The van der Waals surface area contributed by atoms with E-state index in [-0.39, 0.29) is 17.5 Å². The van der Waals surface area contributed by atoms with Gasteiger partial charge in [0.15, 0.2) is 5.69 Å². The maximum Gasteiger partial charge on any atom is 0.275 e. The van der Waals surface area contributed by atoms with E-state index >= 15 is 0 Å². The third kappa shape index (κ3) is 4.57. The number of hydrogen-bond donors (Lipinski definition) is 0. The molecule has 0 unspecified atom stereocenters. The summed E-state index contributed by atoms with van der Waals surface area (Å²) in [4.78, 5) is 30.3. The Kier molecular flexibility index (Phi) is 6.65. The van der Waals surface area contributed by atoms with Gasteiger partial charge in [-0.25, -0.2) is 4.68 Å². The first-order chi connectivity index (χ1) is 15.9. The first kappa shape index (κ1) is 22.8. The number of benzene rings is 2. The van der Waals surface area contributed by atoms with Crippen molar-refractivity contribution < 1.29 is 14.3 Å². The largest absolute Gasteiger partial charge is 0.497 e. The summed E-state index contributed by atoms with van der Waals surface area (Å²) in [7, 11) is 3.31. The van der Waals surface area contributed by atoms with Crippen molar-refractivity contribution in [2.45, 2.75) is 26.4 Å². The summed E-state index contributed by atoms with van der Waals surface area (Å²) in [5.74, 6) is 1.47. The number of rotatable bonds is 6. The van der Waals surface area contributed by atoms with Crippen molar-refractivity contribution in [2.24, 2.45) is 0 Å². The molecule has 2 heterocycles. The summed E-state index contributed by atoms with van der Waals surface area (Å²) in [5, 5.41) is 5.60. The van der Waals surface area contributed by atoms with Gasteiger partial charge in [-0.3, -0.25) is 14.5 Å². The van der Waals surface area contributed by atoms with Crippen molar-refractivity contribution in [1.29, 1.82) is 0 Å². The average Bonchev–Trinajstić information content (AvgIpc) is 2.84. The summed E-state index contributed by atoms with van der Waals surface area (Å²) in [6.07, 6.45) is 0. The number of fused-ring (bicyclic) bond motifs is 1. The highest BCUT2D eigenvalue weighted by atomic mass is 16.5. The summed E-state index contributed by atoms with van der Waals surface area (Å²) in [6, 6.07) is 12.8. The van der Waals surface area contributed by atoms with E-state index in [0.29, 0.717) is 36.1 Å². The van der Waals surface area contributed by atoms with E-state index in [4.69, 9.17) is 9.47 Å². The second-order valence-electron chi connectivity index (χ2n) is 8.48. The molecule has 0 spiro atoms. The van der Waals surface area contributed by atoms with Crippen LogP contribution >= 0.6 is 0 Å². The minimum absolute atomic E-state index is 0.136. The number of carbonyl (C=O) groups excluding carboxylic acids is 1. The predicted molar refractivity (Wildman–Crippen MR) is 127 cm³/mol. The molecule has 0 radical (unpaired) electrons. The molecule has 1 aromatic heterocycles. The maximum atomic E-state index is 13.4. The zero-order valence-corrected chi connectivity index (χ0v) is 19.6. The van der Waals surface area contributed by atoms with Crippen LogP contribution in [0.3, 0.4) is 0 Å². The van der Waals surface area contributed by atoms with Gasteiger partial charge in [0.1, 0.15) is 11.5 Å². The zero-order valence-electron chi connectivity index (χ0n) is 19.6. The lowest BCUT2D eigenvalue weighted by molar-refractivity contribution is 0.0621. The minimum Gasteiger partial charge on any atom is -0.497 e. The fourth-order valence-corrected chi connectivity index (χ4v) is 4.22. The van der Waals surface area contributed by atoms with Crippen LogP contribution in [-0.2, 0) is 6.54 Å². The lowest BCUT2D eigenvalue weighted by atomic mass is 10.1. The lowest BCUT2D eigenvalue weighted by Crippen LogP contribution is -2.48. The molecule has 0 bridgehead atoms. The van der Waals surface area contributed by atoms with Crippen molar-refractivity contribution in [3.63, 3.8) is 0 Å². The fraction of sp³-hybridized carbons (Fsp3) is 0.400. The SMILES string of the molecule is COc1ccc(OC)c(CN2CCN(C(=O)c3nn(C(C)C)c(=O)c4ccccc34)CC2)c1. The molecule has 1 saturated heterocycles.